The molecule has 0 atom stereocenters. The van der Waals surface area contributed by atoms with Crippen molar-refractivity contribution in [2.45, 2.75) is 26.2 Å². The van der Waals surface area contributed by atoms with Gasteiger partial charge in [-0.05, 0) is 35.2 Å². The summed E-state index contributed by atoms with van der Waals surface area (Å²) in [5.74, 6) is 0.944. The van der Waals surface area contributed by atoms with Crippen LogP contribution in [-0.2, 0) is 16.0 Å². The Balaban J connectivity index is 1.77. The van der Waals surface area contributed by atoms with Gasteiger partial charge in [0, 0.05) is 0 Å². The highest BCUT2D eigenvalue weighted by atomic mass is 16.5. The lowest BCUT2D eigenvalue weighted by Gasteiger charge is -2.14. The first-order chi connectivity index (χ1) is 12.5. The second-order valence-electron chi connectivity index (χ2n) is 6.10. The van der Waals surface area contributed by atoms with Crippen LogP contribution in [0.15, 0.2) is 48.5 Å². The molecule has 6 heteroatoms. The number of carbonyl (C=O) groups excluding carboxylic acids is 2. The molecular formula is C20H24N2O4. The molecule has 0 spiro atoms. The van der Waals surface area contributed by atoms with E-state index in [0.29, 0.717) is 11.7 Å². The maximum atomic E-state index is 11.9. The quantitative estimate of drug-likeness (QED) is 0.748. The summed E-state index contributed by atoms with van der Waals surface area (Å²) < 4.78 is 10.6. The van der Waals surface area contributed by atoms with Crippen molar-refractivity contribution < 1.29 is 19.1 Å². The topological polar surface area (TPSA) is 76.7 Å². The van der Waals surface area contributed by atoms with Crippen LogP contribution in [0.4, 0.5) is 0 Å². The molecule has 0 heterocycles. The minimum Gasteiger partial charge on any atom is -0.497 e. The second kappa shape index (κ2) is 9.46. The van der Waals surface area contributed by atoms with E-state index in [1.807, 2.05) is 24.3 Å². The molecule has 0 fully saturated rings. The Hall–Kier alpha value is -3.02. The zero-order valence-corrected chi connectivity index (χ0v) is 15.2. The van der Waals surface area contributed by atoms with Gasteiger partial charge in [-0.2, -0.15) is 0 Å². The smallest absolute Gasteiger partial charge is 0.276 e. The Bertz CT molecular complexity index is 742. The molecule has 2 rings (SSSR count). The van der Waals surface area contributed by atoms with Crippen molar-refractivity contribution in [1.29, 1.82) is 0 Å². The normalized spacial score (nSPS) is 10.3. The van der Waals surface area contributed by atoms with Crippen LogP contribution in [0.25, 0.3) is 0 Å². The molecule has 0 aliphatic carbocycles. The Morgan fingerprint density at radius 2 is 1.62 bits per heavy atom. The molecule has 0 aliphatic rings. The molecule has 0 saturated heterocycles. The Kier molecular flexibility index (Phi) is 7.02. The number of hydrogen-bond acceptors (Lipinski definition) is 4. The molecular weight excluding hydrogens is 332 g/mol. The van der Waals surface area contributed by atoms with Crippen LogP contribution in [0.2, 0.25) is 0 Å². The van der Waals surface area contributed by atoms with Crippen LogP contribution in [-0.4, -0.2) is 25.5 Å². The van der Waals surface area contributed by atoms with Gasteiger partial charge in [0.15, 0.2) is 6.61 Å². The van der Waals surface area contributed by atoms with Crippen LogP contribution < -0.4 is 20.3 Å². The molecule has 6 nitrogen and oxygen atoms in total. The van der Waals surface area contributed by atoms with E-state index < -0.39 is 5.91 Å². The van der Waals surface area contributed by atoms with Crippen molar-refractivity contribution in [1.82, 2.24) is 10.9 Å². The van der Waals surface area contributed by atoms with Gasteiger partial charge in [0.25, 0.3) is 5.91 Å². The fraction of sp³-hybridized carbons (Fsp3) is 0.300. The molecule has 0 bridgehead atoms. The summed E-state index contributed by atoms with van der Waals surface area (Å²) in [6.45, 7) is 3.94. The molecule has 2 aromatic carbocycles. The van der Waals surface area contributed by atoms with Gasteiger partial charge in [-0.3, -0.25) is 20.4 Å². The van der Waals surface area contributed by atoms with Crippen LogP contribution >= 0.6 is 0 Å². The van der Waals surface area contributed by atoms with E-state index >= 15 is 0 Å². The average Bonchev–Trinajstić information content (AvgIpc) is 2.65. The number of para-hydroxylation sites is 1. The third-order valence-corrected chi connectivity index (χ3v) is 3.76. The summed E-state index contributed by atoms with van der Waals surface area (Å²) in [6, 6.07) is 14.7. The molecule has 0 aromatic heterocycles. The molecule has 0 radical (unpaired) electrons. The van der Waals surface area contributed by atoms with E-state index in [-0.39, 0.29) is 18.9 Å². The van der Waals surface area contributed by atoms with Gasteiger partial charge in [-0.15, -0.1) is 0 Å². The number of nitrogens with one attached hydrogen (secondary N) is 2. The van der Waals surface area contributed by atoms with Gasteiger partial charge in [-0.25, -0.2) is 0 Å². The highest BCUT2D eigenvalue weighted by Gasteiger charge is 2.10. The summed E-state index contributed by atoms with van der Waals surface area (Å²) in [5.41, 5.74) is 6.59. The minimum absolute atomic E-state index is 0.154. The van der Waals surface area contributed by atoms with Gasteiger partial charge < -0.3 is 9.47 Å². The standard InChI is InChI=1S/C20H24N2O4/c1-14(2)17-6-4-5-7-18(17)26-13-20(24)22-21-19(23)12-15-8-10-16(25-3)11-9-15/h4-11,14H,12-13H2,1-3H3,(H,21,23)(H,22,24). The summed E-state index contributed by atoms with van der Waals surface area (Å²) in [7, 11) is 1.58. The molecule has 0 saturated carbocycles. The number of rotatable bonds is 7. The van der Waals surface area contributed by atoms with Gasteiger partial charge in [0.2, 0.25) is 5.91 Å². The maximum absolute atomic E-state index is 11.9. The predicted molar refractivity (Wildman–Crippen MR) is 99.0 cm³/mol. The van der Waals surface area contributed by atoms with Gasteiger partial charge >= 0.3 is 0 Å². The number of hydrazine groups is 1. The number of amides is 2. The van der Waals surface area contributed by atoms with Crippen LogP contribution in [0.1, 0.15) is 30.9 Å². The number of hydrogen-bond donors (Lipinski definition) is 2. The van der Waals surface area contributed by atoms with Crippen molar-refractivity contribution in [2.24, 2.45) is 0 Å². The Morgan fingerprint density at radius 3 is 2.27 bits per heavy atom. The first kappa shape index (κ1) is 19.3. The van der Waals surface area contributed by atoms with Crippen LogP contribution in [0, 0.1) is 0 Å². The van der Waals surface area contributed by atoms with E-state index in [1.165, 1.54) is 0 Å². The lowest BCUT2D eigenvalue weighted by molar-refractivity contribution is -0.129. The first-order valence-corrected chi connectivity index (χ1v) is 8.42. The van der Waals surface area contributed by atoms with Crippen LogP contribution in [0.3, 0.4) is 0 Å². The van der Waals surface area contributed by atoms with E-state index in [0.717, 1.165) is 16.9 Å². The molecule has 2 aromatic rings. The van der Waals surface area contributed by atoms with Crippen molar-refractivity contribution in [3.63, 3.8) is 0 Å². The number of carbonyl (C=O) groups is 2. The molecule has 2 N–H and O–H groups in total. The molecule has 2 amide bonds. The number of methoxy groups -OCH3 is 1. The first-order valence-electron chi connectivity index (χ1n) is 8.42. The van der Waals surface area contributed by atoms with Crippen molar-refractivity contribution in [2.75, 3.05) is 13.7 Å². The fourth-order valence-corrected chi connectivity index (χ4v) is 2.38. The SMILES string of the molecule is COc1ccc(CC(=O)NNC(=O)COc2ccccc2C(C)C)cc1. The van der Waals surface area contributed by atoms with Crippen molar-refractivity contribution >= 4 is 11.8 Å². The maximum Gasteiger partial charge on any atom is 0.276 e. The van der Waals surface area contributed by atoms with E-state index in [4.69, 9.17) is 9.47 Å². The Labute approximate surface area is 153 Å². The van der Waals surface area contributed by atoms with Crippen molar-refractivity contribution in [3.05, 3.63) is 59.7 Å². The third kappa shape index (κ3) is 5.81. The zero-order valence-electron chi connectivity index (χ0n) is 15.2. The zero-order chi connectivity index (χ0) is 18.9. The molecule has 0 aliphatic heterocycles. The molecule has 0 unspecified atom stereocenters. The largest absolute Gasteiger partial charge is 0.497 e. The summed E-state index contributed by atoms with van der Waals surface area (Å²) in [5, 5.41) is 0. The lowest BCUT2D eigenvalue weighted by atomic mass is 10.0. The van der Waals surface area contributed by atoms with E-state index in [1.54, 1.807) is 31.4 Å². The Morgan fingerprint density at radius 1 is 0.962 bits per heavy atom. The minimum atomic E-state index is -0.424. The number of ether oxygens (including phenoxy) is 2. The molecule has 26 heavy (non-hydrogen) atoms. The third-order valence-electron chi connectivity index (χ3n) is 3.76. The molecule has 138 valence electrons. The van der Waals surface area contributed by atoms with E-state index in [2.05, 4.69) is 24.7 Å². The van der Waals surface area contributed by atoms with Gasteiger partial charge in [0.05, 0.1) is 13.5 Å². The summed E-state index contributed by atoms with van der Waals surface area (Å²) in [4.78, 5) is 23.8. The highest BCUT2D eigenvalue weighted by molar-refractivity contribution is 5.83. The summed E-state index contributed by atoms with van der Waals surface area (Å²) in [6.07, 6.45) is 0.154. The van der Waals surface area contributed by atoms with Crippen LogP contribution in [0.5, 0.6) is 11.5 Å². The monoisotopic (exact) mass is 356 g/mol. The lowest BCUT2D eigenvalue weighted by Crippen LogP contribution is -2.44. The number of benzene rings is 2. The van der Waals surface area contributed by atoms with Crippen molar-refractivity contribution in [3.8, 4) is 11.5 Å². The summed E-state index contributed by atoms with van der Waals surface area (Å²) >= 11 is 0. The second-order valence-corrected chi connectivity index (χ2v) is 6.10. The van der Waals surface area contributed by atoms with E-state index in [9.17, 15) is 9.59 Å². The average molecular weight is 356 g/mol. The predicted octanol–water partition coefficient (Wildman–Crippen LogP) is 2.59. The van der Waals surface area contributed by atoms with Gasteiger partial charge in [0.1, 0.15) is 11.5 Å². The fourth-order valence-electron chi connectivity index (χ4n) is 2.38. The van der Waals surface area contributed by atoms with Gasteiger partial charge in [-0.1, -0.05) is 44.2 Å². The highest BCUT2D eigenvalue weighted by Crippen LogP contribution is 2.25.